The maximum Gasteiger partial charge on any atom is 0.417 e. The molecule has 11 heteroatoms. The predicted molar refractivity (Wildman–Crippen MR) is 91.8 cm³/mol. The highest BCUT2D eigenvalue weighted by Gasteiger charge is 2.32. The first-order valence-corrected chi connectivity index (χ1v) is 8.36. The minimum absolute atomic E-state index is 0.0932. The summed E-state index contributed by atoms with van der Waals surface area (Å²) >= 11 is 5.97. The third-order valence-corrected chi connectivity index (χ3v) is 4.47. The van der Waals surface area contributed by atoms with E-state index in [-0.39, 0.29) is 28.0 Å². The van der Waals surface area contributed by atoms with E-state index in [0.717, 1.165) is 16.9 Å². The van der Waals surface area contributed by atoms with Crippen LogP contribution in [-0.2, 0) is 13.2 Å². The van der Waals surface area contributed by atoms with Crippen LogP contribution < -0.4 is 10.5 Å². The maximum absolute atomic E-state index is 12.7. The maximum atomic E-state index is 12.7. The summed E-state index contributed by atoms with van der Waals surface area (Å²) in [4.78, 5) is 31.0. The lowest BCUT2D eigenvalue weighted by atomic mass is 10.2. The first-order valence-electron chi connectivity index (χ1n) is 7.98. The standard InChI is InChI=1S/C16H15ClF3N5O2/c1-23-13(26)3-2-12(22-23)15(27)25-6-4-24(5-7-25)14-11(17)8-10(9-21-14)16(18,19)20/h2-3,8-9H,4-7H2,1H3. The second-order valence-corrected chi connectivity index (χ2v) is 6.39. The molecule has 3 heterocycles. The molecule has 0 spiro atoms. The van der Waals surface area contributed by atoms with E-state index in [1.807, 2.05) is 0 Å². The highest BCUT2D eigenvalue weighted by atomic mass is 35.5. The number of alkyl halides is 3. The number of carbonyl (C=O) groups is 1. The van der Waals surface area contributed by atoms with Gasteiger partial charge in [0.05, 0.1) is 10.6 Å². The Morgan fingerprint density at radius 2 is 1.85 bits per heavy atom. The number of aryl methyl sites for hydroxylation is 1. The third kappa shape index (κ3) is 4.05. The van der Waals surface area contributed by atoms with Crippen LogP contribution in [-0.4, -0.2) is 51.8 Å². The summed E-state index contributed by atoms with van der Waals surface area (Å²) in [6, 6.07) is 3.48. The van der Waals surface area contributed by atoms with Crippen molar-refractivity contribution < 1.29 is 18.0 Å². The molecule has 0 aliphatic carbocycles. The van der Waals surface area contributed by atoms with Gasteiger partial charge in [-0.3, -0.25) is 9.59 Å². The van der Waals surface area contributed by atoms with Crippen molar-refractivity contribution >= 4 is 23.3 Å². The number of halogens is 4. The van der Waals surface area contributed by atoms with Crippen LogP contribution in [0.2, 0.25) is 5.02 Å². The number of hydrogen-bond donors (Lipinski definition) is 0. The van der Waals surface area contributed by atoms with Gasteiger partial charge in [0.1, 0.15) is 11.5 Å². The van der Waals surface area contributed by atoms with Crippen LogP contribution in [0.1, 0.15) is 16.1 Å². The molecule has 0 bridgehead atoms. The Morgan fingerprint density at radius 3 is 2.41 bits per heavy atom. The molecule has 1 aliphatic heterocycles. The first-order chi connectivity index (χ1) is 12.7. The number of aromatic nitrogens is 3. The zero-order valence-electron chi connectivity index (χ0n) is 14.2. The summed E-state index contributed by atoms with van der Waals surface area (Å²) in [7, 11) is 1.45. The Bertz CT molecular complexity index is 923. The molecule has 3 rings (SSSR count). The van der Waals surface area contributed by atoms with Crippen LogP contribution in [0.25, 0.3) is 0 Å². The van der Waals surface area contributed by atoms with Crippen LogP contribution >= 0.6 is 11.6 Å². The predicted octanol–water partition coefficient (Wildman–Crippen LogP) is 1.81. The van der Waals surface area contributed by atoms with Gasteiger partial charge in [0.2, 0.25) is 0 Å². The van der Waals surface area contributed by atoms with Crippen molar-refractivity contribution in [2.45, 2.75) is 6.18 Å². The highest BCUT2D eigenvalue weighted by Crippen LogP contribution is 2.33. The van der Waals surface area contributed by atoms with Crippen molar-refractivity contribution in [2.24, 2.45) is 7.05 Å². The average molecular weight is 402 g/mol. The smallest absolute Gasteiger partial charge is 0.352 e. The molecule has 7 nitrogen and oxygen atoms in total. The van der Waals surface area contributed by atoms with E-state index in [4.69, 9.17) is 11.6 Å². The molecular formula is C16H15ClF3N5O2. The number of piperazine rings is 1. The molecule has 2 aromatic rings. The van der Waals surface area contributed by atoms with E-state index in [2.05, 4.69) is 10.1 Å². The fourth-order valence-electron chi connectivity index (χ4n) is 2.72. The van der Waals surface area contributed by atoms with Crippen molar-refractivity contribution in [3.8, 4) is 0 Å². The second-order valence-electron chi connectivity index (χ2n) is 5.99. The Labute approximate surface area is 157 Å². The SMILES string of the molecule is Cn1nc(C(=O)N2CCN(c3ncc(C(F)(F)F)cc3Cl)CC2)ccc1=O. The second kappa shape index (κ2) is 7.18. The van der Waals surface area contributed by atoms with Crippen LogP contribution in [0.5, 0.6) is 0 Å². The van der Waals surface area contributed by atoms with E-state index >= 15 is 0 Å². The van der Waals surface area contributed by atoms with Crippen molar-refractivity contribution in [3.63, 3.8) is 0 Å². The first kappa shape index (κ1) is 19.2. The number of amides is 1. The molecule has 144 valence electrons. The summed E-state index contributed by atoms with van der Waals surface area (Å²) < 4.78 is 39.2. The largest absolute Gasteiger partial charge is 0.417 e. The Hall–Kier alpha value is -2.62. The molecular weight excluding hydrogens is 387 g/mol. The average Bonchev–Trinajstić information content (AvgIpc) is 2.63. The zero-order chi connectivity index (χ0) is 19.8. The lowest BCUT2D eigenvalue weighted by Gasteiger charge is -2.35. The number of rotatable bonds is 2. The molecule has 0 saturated carbocycles. The summed E-state index contributed by atoms with van der Waals surface area (Å²) in [5.74, 6) is -0.0753. The van der Waals surface area contributed by atoms with Crippen LogP contribution in [0.4, 0.5) is 19.0 Å². The van der Waals surface area contributed by atoms with Gasteiger partial charge in [0.15, 0.2) is 0 Å². The fraction of sp³-hybridized carbons (Fsp3) is 0.375. The molecule has 1 fully saturated rings. The number of pyridine rings is 1. The number of anilines is 1. The summed E-state index contributed by atoms with van der Waals surface area (Å²) in [6.45, 7) is 1.36. The van der Waals surface area contributed by atoms with Gasteiger partial charge >= 0.3 is 6.18 Å². The van der Waals surface area contributed by atoms with Crippen molar-refractivity contribution in [1.82, 2.24) is 19.7 Å². The highest BCUT2D eigenvalue weighted by molar-refractivity contribution is 6.33. The van der Waals surface area contributed by atoms with E-state index in [9.17, 15) is 22.8 Å². The van der Waals surface area contributed by atoms with Gasteiger partial charge in [-0.15, -0.1) is 0 Å². The van der Waals surface area contributed by atoms with E-state index in [0.29, 0.717) is 26.2 Å². The van der Waals surface area contributed by atoms with E-state index in [1.165, 1.54) is 19.2 Å². The van der Waals surface area contributed by atoms with Gasteiger partial charge in [-0.1, -0.05) is 11.6 Å². The summed E-state index contributed by atoms with van der Waals surface area (Å²) in [6.07, 6.45) is -3.77. The van der Waals surface area contributed by atoms with Gasteiger partial charge in [0.25, 0.3) is 11.5 Å². The van der Waals surface area contributed by atoms with Crippen molar-refractivity contribution in [3.05, 3.63) is 51.0 Å². The van der Waals surface area contributed by atoms with Crippen molar-refractivity contribution in [2.75, 3.05) is 31.1 Å². The summed E-state index contributed by atoms with van der Waals surface area (Å²) in [5, 5.41) is 3.84. The molecule has 2 aromatic heterocycles. The molecule has 1 saturated heterocycles. The molecule has 0 radical (unpaired) electrons. The number of hydrogen-bond acceptors (Lipinski definition) is 5. The van der Waals surface area contributed by atoms with Crippen LogP contribution in [0.15, 0.2) is 29.2 Å². The van der Waals surface area contributed by atoms with Gasteiger partial charge in [-0.25, -0.2) is 9.67 Å². The van der Waals surface area contributed by atoms with Crippen LogP contribution in [0.3, 0.4) is 0 Å². The van der Waals surface area contributed by atoms with E-state index in [1.54, 1.807) is 9.80 Å². The number of carbonyl (C=O) groups excluding carboxylic acids is 1. The van der Waals surface area contributed by atoms with Gasteiger partial charge in [0, 0.05) is 45.5 Å². The zero-order valence-corrected chi connectivity index (χ0v) is 15.0. The van der Waals surface area contributed by atoms with E-state index < -0.39 is 11.7 Å². The fourth-order valence-corrected chi connectivity index (χ4v) is 3.00. The van der Waals surface area contributed by atoms with Crippen molar-refractivity contribution in [1.29, 1.82) is 0 Å². The topological polar surface area (TPSA) is 71.3 Å². The van der Waals surface area contributed by atoms with Gasteiger partial charge < -0.3 is 9.80 Å². The quantitative estimate of drug-likeness (QED) is 0.767. The Kier molecular flexibility index (Phi) is 5.09. The lowest BCUT2D eigenvalue weighted by Crippen LogP contribution is -2.49. The Balaban J connectivity index is 1.69. The van der Waals surface area contributed by atoms with Gasteiger partial charge in [-0.05, 0) is 12.1 Å². The molecule has 27 heavy (non-hydrogen) atoms. The monoisotopic (exact) mass is 401 g/mol. The molecule has 0 atom stereocenters. The van der Waals surface area contributed by atoms with Gasteiger partial charge in [-0.2, -0.15) is 18.3 Å². The summed E-state index contributed by atoms with van der Waals surface area (Å²) in [5.41, 5.74) is -1.08. The normalized spacial score (nSPS) is 15.1. The molecule has 0 aromatic carbocycles. The third-order valence-electron chi connectivity index (χ3n) is 4.20. The molecule has 1 amide bonds. The molecule has 1 aliphatic rings. The lowest BCUT2D eigenvalue weighted by molar-refractivity contribution is -0.137. The minimum atomic E-state index is -4.51. The van der Waals surface area contributed by atoms with Crippen LogP contribution in [0, 0.1) is 0 Å². The molecule has 0 unspecified atom stereocenters. The molecule has 0 N–H and O–H groups in total. The number of nitrogens with zero attached hydrogens (tertiary/aromatic N) is 5. The Morgan fingerprint density at radius 1 is 1.19 bits per heavy atom. The minimum Gasteiger partial charge on any atom is -0.352 e.